The summed E-state index contributed by atoms with van der Waals surface area (Å²) in [6, 6.07) is 0.910. The molecule has 0 spiro atoms. The number of hydrogen-bond acceptors (Lipinski definition) is 3. The summed E-state index contributed by atoms with van der Waals surface area (Å²) < 4.78 is 2.07. The molecule has 1 amide bonds. The fourth-order valence-electron chi connectivity index (χ4n) is 3.18. The lowest BCUT2D eigenvalue weighted by molar-refractivity contribution is -0.130. The largest absolute Gasteiger partial charge is 0.344 e. The first-order chi connectivity index (χ1) is 8.65. The molecule has 0 aromatic carbocycles. The van der Waals surface area contributed by atoms with Gasteiger partial charge < -0.3 is 9.47 Å². The maximum absolute atomic E-state index is 11.9. The Morgan fingerprint density at radius 2 is 2.11 bits per heavy atom. The fourth-order valence-corrected chi connectivity index (χ4v) is 3.18. The number of carbonyl (C=O) groups excluding carboxylic acids is 1. The SMILES string of the molecule is CN1C[C@@H]2CC[C@H](CC1=O)N2Cc1nccn1C. The number of fused-ring (bicyclic) bond motifs is 2. The summed E-state index contributed by atoms with van der Waals surface area (Å²) in [6.07, 6.45) is 6.83. The normalized spacial score (nSPS) is 28.8. The van der Waals surface area contributed by atoms with Gasteiger partial charge in [-0.05, 0) is 12.8 Å². The molecule has 2 fully saturated rings. The maximum atomic E-state index is 11.9. The highest BCUT2D eigenvalue weighted by molar-refractivity contribution is 5.77. The topological polar surface area (TPSA) is 41.4 Å². The molecule has 1 aromatic heterocycles. The number of amides is 1. The van der Waals surface area contributed by atoms with Gasteiger partial charge in [-0.2, -0.15) is 0 Å². The van der Waals surface area contributed by atoms with Crippen molar-refractivity contribution in [1.29, 1.82) is 0 Å². The van der Waals surface area contributed by atoms with Crippen molar-refractivity contribution in [3.8, 4) is 0 Å². The van der Waals surface area contributed by atoms with Crippen molar-refractivity contribution in [3.05, 3.63) is 18.2 Å². The third kappa shape index (κ3) is 1.92. The molecule has 3 rings (SSSR count). The van der Waals surface area contributed by atoms with Gasteiger partial charge in [-0.25, -0.2) is 4.98 Å². The lowest BCUT2D eigenvalue weighted by Crippen LogP contribution is -2.38. The minimum atomic E-state index is 0.284. The molecule has 2 bridgehead atoms. The number of hydrogen-bond donors (Lipinski definition) is 0. The van der Waals surface area contributed by atoms with Gasteiger partial charge in [0.1, 0.15) is 5.82 Å². The van der Waals surface area contributed by atoms with Gasteiger partial charge in [0.15, 0.2) is 0 Å². The molecule has 0 aliphatic carbocycles. The van der Waals surface area contributed by atoms with E-state index in [4.69, 9.17) is 0 Å². The maximum Gasteiger partial charge on any atom is 0.223 e. The van der Waals surface area contributed by atoms with Gasteiger partial charge in [0.05, 0.1) is 6.54 Å². The van der Waals surface area contributed by atoms with E-state index in [0.717, 1.165) is 25.3 Å². The van der Waals surface area contributed by atoms with E-state index in [1.165, 1.54) is 6.42 Å². The van der Waals surface area contributed by atoms with Crippen LogP contribution >= 0.6 is 0 Å². The zero-order valence-corrected chi connectivity index (χ0v) is 11.0. The molecule has 1 aromatic rings. The molecule has 98 valence electrons. The Bertz CT molecular complexity index is 456. The lowest BCUT2D eigenvalue weighted by Gasteiger charge is -2.27. The Kier molecular flexibility index (Phi) is 2.86. The summed E-state index contributed by atoms with van der Waals surface area (Å²) in [4.78, 5) is 20.7. The molecule has 18 heavy (non-hydrogen) atoms. The highest BCUT2D eigenvalue weighted by Gasteiger charge is 2.39. The lowest BCUT2D eigenvalue weighted by atomic mass is 10.1. The van der Waals surface area contributed by atoms with Crippen LogP contribution in [-0.4, -0.2) is 50.9 Å². The van der Waals surface area contributed by atoms with Crippen LogP contribution in [0.5, 0.6) is 0 Å². The molecule has 5 heteroatoms. The quantitative estimate of drug-likeness (QED) is 0.770. The van der Waals surface area contributed by atoms with Crippen LogP contribution in [-0.2, 0) is 18.4 Å². The molecule has 0 saturated carbocycles. The Balaban J connectivity index is 1.80. The van der Waals surface area contributed by atoms with E-state index in [0.29, 0.717) is 18.5 Å². The predicted molar refractivity (Wildman–Crippen MR) is 67.8 cm³/mol. The van der Waals surface area contributed by atoms with E-state index < -0.39 is 0 Å². The third-order valence-corrected chi connectivity index (χ3v) is 4.34. The van der Waals surface area contributed by atoms with Crippen molar-refractivity contribution in [3.63, 3.8) is 0 Å². The molecule has 2 aliphatic rings. The zero-order chi connectivity index (χ0) is 12.7. The van der Waals surface area contributed by atoms with Crippen molar-refractivity contribution < 1.29 is 4.79 Å². The summed E-state index contributed by atoms with van der Waals surface area (Å²) in [5.74, 6) is 1.37. The number of rotatable bonds is 2. The van der Waals surface area contributed by atoms with Crippen LogP contribution in [0.2, 0.25) is 0 Å². The Hall–Kier alpha value is -1.36. The van der Waals surface area contributed by atoms with Crippen LogP contribution in [0.4, 0.5) is 0 Å². The van der Waals surface area contributed by atoms with Crippen LogP contribution in [0.3, 0.4) is 0 Å². The van der Waals surface area contributed by atoms with Crippen molar-refractivity contribution in [2.24, 2.45) is 7.05 Å². The molecular weight excluding hydrogens is 228 g/mol. The Labute approximate surface area is 107 Å². The van der Waals surface area contributed by atoms with Gasteiger partial charge in [0.25, 0.3) is 0 Å². The third-order valence-electron chi connectivity index (χ3n) is 4.34. The monoisotopic (exact) mass is 248 g/mol. The highest BCUT2D eigenvalue weighted by Crippen LogP contribution is 2.31. The minimum Gasteiger partial charge on any atom is -0.344 e. The summed E-state index contributed by atoms with van der Waals surface area (Å²) in [5.41, 5.74) is 0. The summed E-state index contributed by atoms with van der Waals surface area (Å²) >= 11 is 0. The number of aromatic nitrogens is 2. The van der Waals surface area contributed by atoms with Gasteiger partial charge in [-0.1, -0.05) is 0 Å². The van der Waals surface area contributed by atoms with Gasteiger partial charge in [-0.3, -0.25) is 9.69 Å². The van der Waals surface area contributed by atoms with Crippen molar-refractivity contribution in [1.82, 2.24) is 19.4 Å². The van der Waals surface area contributed by atoms with E-state index in [-0.39, 0.29) is 5.91 Å². The summed E-state index contributed by atoms with van der Waals surface area (Å²) in [6.45, 7) is 1.72. The standard InChI is InChI=1S/C13H20N4O/c1-15-6-5-14-12(15)9-17-10-3-4-11(17)8-16(2)13(18)7-10/h5-6,10-11H,3-4,7-9H2,1-2H3/t10-,11+/m1/s1. The second-order valence-electron chi connectivity index (χ2n) is 5.49. The number of imidazole rings is 1. The molecule has 2 atom stereocenters. The van der Waals surface area contributed by atoms with Gasteiger partial charge in [0, 0.05) is 51.5 Å². The van der Waals surface area contributed by atoms with Crippen molar-refractivity contribution >= 4 is 5.91 Å². The molecule has 5 nitrogen and oxygen atoms in total. The van der Waals surface area contributed by atoms with E-state index in [2.05, 4.69) is 14.5 Å². The average Bonchev–Trinajstić information content (AvgIpc) is 2.86. The van der Waals surface area contributed by atoms with Gasteiger partial charge in [-0.15, -0.1) is 0 Å². The molecule has 0 radical (unpaired) electrons. The first-order valence-electron chi connectivity index (χ1n) is 6.61. The first kappa shape index (κ1) is 11.7. The molecule has 2 saturated heterocycles. The molecular formula is C13H20N4O. The second-order valence-corrected chi connectivity index (χ2v) is 5.49. The predicted octanol–water partition coefficient (Wildman–Crippen LogP) is 0.615. The smallest absolute Gasteiger partial charge is 0.223 e. The fraction of sp³-hybridized carbons (Fsp3) is 0.692. The van der Waals surface area contributed by atoms with E-state index in [1.54, 1.807) is 0 Å². The number of nitrogens with zero attached hydrogens (tertiary/aromatic N) is 4. The van der Waals surface area contributed by atoms with E-state index in [1.807, 2.05) is 31.4 Å². The van der Waals surface area contributed by atoms with E-state index in [9.17, 15) is 4.79 Å². The van der Waals surface area contributed by atoms with Gasteiger partial charge >= 0.3 is 0 Å². The van der Waals surface area contributed by atoms with Crippen LogP contribution in [0.1, 0.15) is 25.1 Å². The molecule has 2 aliphatic heterocycles. The van der Waals surface area contributed by atoms with Crippen LogP contribution in [0.25, 0.3) is 0 Å². The van der Waals surface area contributed by atoms with Crippen LogP contribution in [0.15, 0.2) is 12.4 Å². The Morgan fingerprint density at radius 3 is 2.83 bits per heavy atom. The summed E-state index contributed by atoms with van der Waals surface area (Å²) in [7, 11) is 3.95. The summed E-state index contributed by atoms with van der Waals surface area (Å²) in [5, 5.41) is 0. The zero-order valence-electron chi connectivity index (χ0n) is 11.0. The van der Waals surface area contributed by atoms with Crippen molar-refractivity contribution in [2.45, 2.75) is 37.9 Å². The van der Waals surface area contributed by atoms with Crippen molar-refractivity contribution in [2.75, 3.05) is 13.6 Å². The highest BCUT2D eigenvalue weighted by atomic mass is 16.2. The minimum absolute atomic E-state index is 0.284. The molecule has 0 unspecified atom stereocenters. The molecule has 3 heterocycles. The Morgan fingerprint density at radius 1 is 1.33 bits per heavy atom. The second kappa shape index (κ2) is 4.39. The number of likely N-dealkylation sites (N-methyl/N-ethyl adjacent to an activating group) is 1. The average molecular weight is 248 g/mol. The number of carbonyl (C=O) groups is 1. The molecule has 0 N–H and O–H groups in total. The van der Waals surface area contributed by atoms with Gasteiger partial charge in [0.2, 0.25) is 5.91 Å². The number of likely N-dealkylation sites (tertiary alicyclic amines) is 1. The van der Waals surface area contributed by atoms with E-state index >= 15 is 0 Å². The van der Waals surface area contributed by atoms with Crippen LogP contribution < -0.4 is 0 Å². The number of aryl methyl sites for hydroxylation is 1. The first-order valence-corrected chi connectivity index (χ1v) is 6.61. The van der Waals surface area contributed by atoms with Crippen LogP contribution in [0, 0.1) is 0 Å².